The van der Waals surface area contributed by atoms with E-state index in [-0.39, 0.29) is 24.0 Å². The first-order chi connectivity index (χ1) is 11.8. The van der Waals surface area contributed by atoms with Crippen molar-refractivity contribution < 1.29 is 4.74 Å². The largest absolute Gasteiger partial charge is 0.493 e. The molecule has 140 valence electrons. The Labute approximate surface area is 173 Å². The molecule has 1 fully saturated rings. The van der Waals surface area contributed by atoms with Crippen LogP contribution in [0.3, 0.4) is 0 Å². The van der Waals surface area contributed by atoms with E-state index >= 15 is 0 Å². The van der Waals surface area contributed by atoms with Crippen molar-refractivity contribution in [2.75, 3.05) is 26.5 Å². The van der Waals surface area contributed by atoms with Crippen LogP contribution in [0, 0.1) is 0 Å². The molecule has 1 aromatic carbocycles. The van der Waals surface area contributed by atoms with E-state index in [1.165, 1.54) is 36.8 Å². The topological polar surface area (TPSA) is 45.7 Å². The van der Waals surface area contributed by atoms with Gasteiger partial charge < -0.3 is 15.4 Å². The van der Waals surface area contributed by atoms with Gasteiger partial charge in [-0.2, -0.15) is 11.8 Å². The lowest BCUT2D eigenvalue weighted by atomic mass is 9.95. The molecule has 1 heterocycles. The standard InChI is InChI=1S/C19H29N3OS.HI/c1-20-19(22-16-4-3-5-17(13-16)24-2)21-10-8-14-6-7-18-15(12-14)9-11-23-18;/h6-7,12,16-17H,3-5,8-11,13H2,1-2H3,(H2,20,21,22);1H. The van der Waals surface area contributed by atoms with Crippen LogP contribution in [0.15, 0.2) is 23.2 Å². The molecule has 0 amide bonds. The molecule has 0 saturated heterocycles. The van der Waals surface area contributed by atoms with Gasteiger partial charge in [-0.05, 0) is 49.1 Å². The molecule has 1 aliphatic carbocycles. The molecule has 3 rings (SSSR count). The molecule has 2 unspecified atom stereocenters. The SMILES string of the molecule is CN=C(NCCc1ccc2c(c1)CCO2)NC1CCCC(SC)C1.I. The average Bonchev–Trinajstić information content (AvgIpc) is 3.09. The quantitative estimate of drug-likeness (QED) is 0.388. The number of rotatable bonds is 5. The zero-order valence-corrected chi connectivity index (χ0v) is 18.4. The van der Waals surface area contributed by atoms with Gasteiger partial charge in [0.05, 0.1) is 6.61 Å². The molecule has 0 aromatic heterocycles. The zero-order valence-electron chi connectivity index (χ0n) is 15.2. The van der Waals surface area contributed by atoms with E-state index < -0.39 is 0 Å². The minimum atomic E-state index is 0. The molecule has 4 nitrogen and oxygen atoms in total. The molecule has 2 aliphatic rings. The van der Waals surface area contributed by atoms with Crippen LogP contribution in [-0.2, 0) is 12.8 Å². The Balaban J connectivity index is 0.00000225. The number of guanidine groups is 1. The van der Waals surface area contributed by atoms with Crippen molar-refractivity contribution in [1.29, 1.82) is 0 Å². The first-order valence-corrected chi connectivity index (χ1v) is 10.3. The molecular formula is C19H30IN3OS. The third-order valence-corrected chi connectivity index (χ3v) is 6.08. The molecule has 6 heteroatoms. The first-order valence-electron chi connectivity index (χ1n) is 9.03. The molecule has 1 aliphatic heterocycles. The highest BCUT2D eigenvalue weighted by Gasteiger charge is 2.21. The van der Waals surface area contributed by atoms with Gasteiger partial charge in [0.1, 0.15) is 5.75 Å². The Morgan fingerprint density at radius 2 is 2.24 bits per heavy atom. The number of nitrogens with one attached hydrogen (secondary N) is 2. The number of halogens is 1. The van der Waals surface area contributed by atoms with E-state index in [4.69, 9.17) is 4.74 Å². The highest BCUT2D eigenvalue weighted by molar-refractivity contribution is 14.0. The van der Waals surface area contributed by atoms with Crippen LogP contribution in [-0.4, -0.2) is 43.7 Å². The number of hydrogen-bond acceptors (Lipinski definition) is 3. The summed E-state index contributed by atoms with van der Waals surface area (Å²) in [5, 5.41) is 7.86. The van der Waals surface area contributed by atoms with Crippen LogP contribution in [0.5, 0.6) is 5.75 Å². The van der Waals surface area contributed by atoms with Gasteiger partial charge in [0.2, 0.25) is 0 Å². The predicted octanol–water partition coefficient (Wildman–Crippen LogP) is 3.62. The Morgan fingerprint density at radius 1 is 1.36 bits per heavy atom. The summed E-state index contributed by atoms with van der Waals surface area (Å²) in [5.41, 5.74) is 2.71. The van der Waals surface area contributed by atoms with Crippen molar-refractivity contribution in [1.82, 2.24) is 10.6 Å². The Bertz CT molecular complexity index is 582. The summed E-state index contributed by atoms with van der Waals surface area (Å²) in [7, 11) is 1.86. The van der Waals surface area contributed by atoms with E-state index in [0.29, 0.717) is 6.04 Å². The molecule has 2 N–H and O–H groups in total. The molecule has 1 saturated carbocycles. The summed E-state index contributed by atoms with van der Waals surface area (Å²) in [4.78, 5) is 4.39. The number of fused-ring (bicyclic) bond motifs is 1. The lowest BCUT2D eigenvalue weighted by Crippen LogP contribution is -2.46. The van der Waals surface area contributed by atoms with E-state index in [1.807, 2.05) is 18.8 Å². The molecule has 2 atom stereocenters. The highest BCUT2D eigenvalue weighted by atomic mass is 127. The van der Waals surface area contributed by atoms with Gasteiger partial charge in [-0.3, -0.25) is 4.99 Å². The molecule has 1 aromatic rings. The van der Waals surface area contributed by atoms with Crippen LogP contribution in [0.2, 0.25) is 0 Å². The van der Waals surface area contributed by atoms with Crippen molar-refractivity contribution >= 4 is 41.7 Å². The van der Waals surface area contributed by atoms with Gasteiger partial charge in [0, 0.05) is 31.3 Å². The third-order valence-electron chi connectivity index (χ3n) is 4.98. The highest BCUT2D eigenvalue weighted by Crippen LogP contribution is 2.27. The number of nitrogens with zero attached hydrogens (tertiary/aromatic N) is 1. The second-order valence-corrected chi connectivity index (χ2v) is 7.79. The third kappa shape index (κ3) is 5.94. The van der Waals surface area contributed by atoms with E-state index in [1.54, 1.807) is 0 Å². The van der Waals surface area contributed by atoms with Crippen LogP contribution in [0.4, 0.5) is 0 Å². The summed E-state index contributed by atoms with van der Waals surface area (Å²) < 4.78 is 5.57. The summed E-state index contributed by atoms with van der Waals surface area (Å²) >= 11 is 2.00. The van der Waals surface area contributed by atoms with Gasteiger partial charge in [-0.25, -0.2) is 0 Å². The summed E-state index contributed by atoms with van der Waals surface area (Å²) in [6.45, 7) is 1.73. The minimum absolute atomic E-state index is 0. The molecule has 0 radical (unpaired) electrons. The number of thioether (sulfide) groups is 1. The smallest absolute Gasteiger partial charge is 0.191 e. The van der Waals surface area contributed by atoms with Gasteiger partial charge in [-0.1, -0.05) is 18.6 Å². The maximum absolute atomic E-state index is 5.57. The van der Waals surface area contributed by atoms with Gasteiger partial charge in [-0.15, -0.1) is 24.0 Å². The maximum atomic E-state index is 5.57. The lowest BCUT2D eigenvalue weighted by molar-refractivity contribution is 0.357. The van der Waals surface area contributed by atoms with Gasteiger partial charge in [0.25, 0.3) is 0 Å². The van der Waals surface area contributed by atoms with Crippen molar-refractivity contribution in [3.63, 3.8) is 0 Å². The second kappa shape index (κ2) is 10.5. The van der Waals surface area contributed by atoms with E-state index in [9.17, 15) is 0 Å². The normalized spacial score (nSPS) is 22.6. The first kappa shape index (κ1) is 20.7. The van der Waals surface area contributed by atoms with Gasteiger partial charge >= 0.3 is 0 Å². The maximum Gasteiger partial charge on any atom is 0.191 e. The fourth-order valence-electron chi connectivity index (χ4n) is 3.60. The zero-order chi connectivity index (χ0) is 16.8. The number of hydrogen-bond donors (Lipinski definition) is 2. The predicted molar refractivity (Wildman–Crippen MR) is 119 cm³/mol. The molecule has 0 bridgehead atoms. The Morgan fingerprint density at radius 3 is 3.04 bits per heavy atom. The Hall–Kier alpha value is -0.630. The molecule has 0 spiro atoms. The van der Waals surface area contributed by atoms with Gasteiger partial charge in [0.15, 0.2) is 5.96 Å². The van der Waals surface area contributed by atoms with E-state index in [2.05, 4.69) is 40.1 Å². The molecule has 25 heavy (non-hydrogen) atoms. The number of benzene rings is 1. The van der Waals surface area contributed by atoms with Crippen LogP contribution < -0.4 is 15.4 Å². The minimum Gasteiger partial charge on any atom is -0.493 e. The van der Waals surface area contributed by atoms with E-state index in [0.717, 1.165) is 43.0 Å². The fraction of sp³-hybridized carbons (Fsp3) is 0.632. The van der Waals surface area contributed by atoms with Crippen molar-refractivity contribution in [2.24, 2.45) is 4.99 Å². The van der Waals surface area contributed by atoms with Crippen LogP contribution >= 0.6 is 35.7 Å². The van der Waals surface area contributed by atoms with Crippen molar-refractivity contribution in [2.45, 2.75) is 49.8 Å². The molecular weight excluding hydrogens is 445 g/mol. The average molecular weight is 475 g/mol. The summed E-state index contributed by atoms with van der Waals surface area (Å²) in [5.74, 6) is 2.00. The van der Waals surface area contributed by atoms with Crippen molar-refractivity contribution in [3.8, 4) is 5.75 Å². The fourth-order valence-corrected chi connectivity index (χ4v) is 4.43. The summed E-state index contributed by atoms with van der Waals surface area (Å²) in [6.07, 6.45) is 9.44. The van der Waals surface area contributed by atoms with Crippen LogP contribution in [0.1, 0.15) is 36.8 Å². The van der Waals surface area contributed by atoms with Crippen molar-refractivity contribution in [3.05, 3.63) is 29.3 Å². The number of aliphatic imine (C=N–C) groups is 1. The van der Waals surface area contributed by atoms with Crippen LogP contribution in [0.25, 0.3) is 0 Å². The number of ether oxygens (including phenoxy) is 1. The lowest BCUT2D eigenvalue weighted by Gasteiger charge is -2.29. The monoisotopic (exact) mass is 475 g/mol. The second-order valence-electron chi connectivity index (χ2n) is 6.66. The summed E-state index contributed by atoms with van der Waals surface area (Å²) in [6, 6.07) is 7.12. The Kier molecular flexibility index (Phi) is 8.69.